The van der Waals surface area contributed by atoms with Gasteiger partial charge in [0.15, 0.2) is 0 Å². The molecular weight excluding hydrogens is 431 g/mol. The number of anilines is 1. The molecule has 2 aromatic rings. The van der Waals surface area contributed by atoms with Gasteiger partial charge in [-0.15, -0.1) is 0 Å². The first kappa shape index (κ1) is 19.1. The van der Waals surface area contributed by atoms with Crippen LogP contribution < -0.4 is 4.72 Å². The van der Waals surface area contributed by atoms with Crippen molar-refractivity contribution in [1.82, 2.24) is 0 Å². The van der Waals surface area contributed by atoms with E-state index < -0.39 is 21.8 Å². The minimum absolute atomic E-state index is 0.0309. The lowest BCUT2D eigenvalue weighted by atomic mass is 10.2. The molecule has 9 heteroatoms. The summed E-state index contributed by atoms with van der Waals surface area (Å²) < 4.78 is 66.3. The molecule has 0 aromatic heterocycles. The van der Waals surface area contributed by atoms with E-state index in [1.807, 2.05) is 0 Å². The fourth-order valence-corrected chi connectivity index (χ4v) is 4.09. The lowest BCUT2D eigenvalue weighted by Crippen LogP contribution is -2.16. The largest absolute Gasteiger partial charge is 0.416 e. The molecule has 0 amide bonds. The molecule has 0 aliphatic carbocycles. The summed E-state index contributed by atoms with van der Waals surface area (Å²) in [4.78, 5) is -0.0309. The zero-order valence-corrected chi connectivity index (χ0v) is 15.7. The third-order valence-corrected chi connectivity index (χ3v) is 5.98. The minimum atomic E-state index is -4.60. The second-order valence-electron chi connectivity index (χ2n) is 5.16. The highest BCUT2D eigenvalue weighted by Crippen LogP contribution is 2.35. The van der Waals surface area contributed by atoms with Crippen molar-refractivity contribution in [2.45, 2.75) is 24.9 Å². The van der Waals surface area contributed by atoms with Gasteiger partial charge in [0.2, 0.25) is 0 Å². The van der Waals surface area contributed by atoms with E-state index in [2.05, 4.69) is 20.7 Å². The molecule has 0 unspecified atom stereocenters. The van der Waals surface area contributed by atoms with Crippen LogP contribution in [0.2, 0.25) is 5.02 Å². The van der Waals surface area contributed by atoms with Gasteiger partial charge in [-0.1, -0.05) is 27.5 Å². The van der Waals surface area contributed by atoms with Crippen molar-refractivity contribution < 1.29 is 21.6 Å². The highest BCUT2D eigenvalue weighted by Gasteiger charge is 2.31. The Morgan fingerprint density at radius 2 is 1.71 bits per heavy atom. The van der Waals surface area contributed by atoms with Gasteiger partial charge in [0.1, 0.15) is 0 Å². The zero-order valence-electron chi connectivity index (χ0n) is 12.5. The van der Waals surface area contributed by atoms with Crippen LogP contribution in [-0.4, -0.2) is 8.42 Å². The van der Waals surface area contributed by atoms with Crippen molar-refractivity contribution >= 4 is 43.2 Å². The van der Waals surface area contributed by atoms with Crippen LogP contribution in [0.3, 0.4) is 0 Å². The van der Waals surface area contributed by atoms with Gasteiger partial charge in [-0.25, -0.2) is 8.42 Å². The molecule has 1 N–H and O–H groups in total. The van der Waals surface area contributed by atoms with E-state index in [4.69, 9.17) is 11.6 Å². The smallest absolute Gasteiger partial charge is 0.278 e. The fraction of sp³-hybridized carbons (Fsp3) is 0.200. The molecule has 0 aliphatic rings. The zero-order chi connectivity index (χ0) is 18.3. The van der Waals surface area contributed by atoms with Crippen LogP contribution in [0.4, 0.5) is 18.9 Å². The van der Waals surface area contributed by atoms with Gasteiger partial charge in [-0.3, -0.25) is 4.72 Å². The van der Waals surface area contributed by atoms with Gasteiger partial charge in [-0.05, 0) is 55.3 Å². The predicted octanol–water partition coefficient (Wildman–Crippen LogP) is 5.54. The molecule has 3 nitrogen and oxygen atoms in total. The maximum absolute atomic E-state index is 12.8. The number of aryl methyl sites for hydroxylation is 2. The van der Waals surface area contributed by atoms with Crippen LogP contribution in [0.25, 0.3) is 0 Å². The van der Waals surface area contributed by atoms with E-state index in [0.29, 0.717) is 17.2 Å². The van der Waals surface area contributed by atoms with Crippen LogP contribution in [0.5, 0.6) is 0 Å². The standard InChI is InChI=1S/C15H12BrClF3NO2S/c1-8-6-14(9(2)5-11(8)16)24(22,23)21-13-7-10(15(18,19)20)3-4-12(13)17/h3-7,21H,1-2H3. The van der Waals surface area contributed by atoms with Gasteiger partial charge in [-0.2, -0.15) is 13.2 Å². The first-order valence-electron chi connectivity index (χ1n) is 6.58. The normalized spacial score (nSPS) is 12.3. The van der Waals surface area contributed by atoms with Crippen molar-refractivity contribution in [3.63, 3.8) is 0 Å². The first-order valence-corrected chi connectivity index (χ1v) is 9.23. The van der Waals surface area contributed by atoms with Crippen LogP contribution in [0, 0.1) is 13.8 Å². The van der Waals surface area contributed by atoms with Gasteiger partial charge in [0.25, 0.3) is 10.0 Å². The highest BCUT2D eigenvalue weighted by atomic mass is 79.9. The summed E-state index contributed by atoms with van der Waals surface area (Å²) in [5.74, 6) is 0. The molecule has 130 valence electrons. The molecule has 0 fully saturated rings. The van der Waals surface area contributed by atoms with Crippen molar-refractivity contribution in [2.24, 2.45) is 0 Å². The number of rotatable bonds is 3. The van der Waals surface area contributed by atoms with Crippen molar-refractivity contribution in [3.8, 4) is 0 Å². The van der Waals surface area contributed by atoms with E-state index in [1.165, 1.54) is 6.07 Å². The summed E-state index contributed by atoms with van der Waals surface area (Å²) >= 11 is 9.13. The van der Waals surface area contributed by atoms with Crippen molar-refractivity contribution in [1.29, 1.82) is 0 Å². The predicted molar refractivity (Wildman–Crippen MR) is 90.9 cm³/mol. The van der Waals surface area contributed by atoms with Gasteiger partial charge >= 0.3 is 6.18 Å². The Kier molecular flexibility index (Phi) is 5.22. The van der Waals surface area contributed by atoms with Crippen LogP contribution >= 0.6 is 27.5 Å². The topological polar surface area (TPSA) is 46.2 Å². The summed E-state index contributed by atoms with van der Waals surface area (Å²) in [6, 6.07) is 5.51. The molecule has 0 spiro atoms. The van der Waals surface area contributed by atoms with E-state index in [9.17, 15) is 21.6 Å². The van der Waals surface area contributed by atoms with Gasteiger partial charge in [0, 0.05) is 4.47 Å². The molecule has 0 saturated heterocycles. The Bertz CT molecular complexity index is 898. The van der Waals surface area contributed by atoms with E-state index in [0.717, 1.165) is 16.6 Å². The number of hydrogen-bond acceptors (Lipinski definition) is 2. The van der Waals surface area contributed by atoms with Crippen molar-refractivity contribution in [3.05, 3.63) is 56.5 Å². The Hall–Kier alpha value is -1.25. The second-order valence-corrected chi connectivity index (χ2v) is 8.08. The fourth-order valence-electron chi connectivity index (χ4n) is 2.02. The minimum Gasteiger partial charge on any atom is -0.278 e. The number of hydrogen-bond donors (Lipinski definition) is 1. The Balaban J connectivity index is 2.49. The molecule has 0 heterocycles. The number of alkyl halides is 3. The third kappa shape index (κ3) is 4.04. The molecule has 0 radical (unpaired) electrons. The molecule has 0 saturated carbocycles. The molecule has 0 aliphatic heterocycles. The number of benzene rings is 2. The second kappa shape index (κ2) is 6.57. The van der Waals surface area contributed by atoms with Gasteiger partial charge < -0.3 is 0 Å². The first-order chi connectivity index (χ1) is 10.9. The third-order valence-electron chi connectivity index (χ3n) is 3.28. The van der Waals surface area contributed by atoms with Gasteiger partial charge in [0.05, 0.1) is 21.2 Å². The summed E-state index contributed by atoms with van der Waals surface area (Å²) in [7, 11) is -4.09. The average Bonchev–Trinajstić information content (AvgIpc) is 2.43. The lowest BCUT2D eigenvalue weighted by Gasteiger charge is -2.15. The summed E-state index contributed by atoms with van der Waals surface area (Å²) in [5, 5.41) is -0.127. The van der Waals surface area contributed by atoms with E-state index in [-0.39, 0.29) is 15.6 Å². The quantitative estimate of drug-likeness (QED) is 0.678. The molecular formula is C15H12BrClF3NO2S. The summed E-state index contributed by atoms with van der Waals surface area (Å²) in [6.07, 6.45) is -4.60. The molecule has 0 bridgehead atoms. The molecule has 2 aromatic carbocycles. The average molecular weight is 443 g/mol. The molecule has 0 atom stereocenters. The Labute approximate surface area is 151 Å². The molecule has 2 rings (SSSR count). The number of sulfonamides is 1. The SMILES string of the molecule is Cc1cc(S(=O)(=O)Nc2cc(C(F)(F)F)ccc2Cl)c(C)cc1Br. The number of halogens is 5. The van der Waals surface area contributed by atoms with Crippen LogP contribution in [0.15, 0.2) is 39.7 Å². The van der Waals surface area contributed by atoms with Crippen LogP contribution in [-0.2, 0) is 16.2 Å². The monoisotopic (exact) mass is 441 g/mol. The molecule has 24 heavy (non-hydrogen) atoms. The number of nitrogens with one attached hydrogen (secondary N) is 1. The maximum atomic E-state index is 12.8. The van der Waals surface area contributed by atoms with E-state index >= 15 is 0 Å². The summed E-state index contributed by atoms with van der Waals surface area (Å²) in [6.45, 7) is 3.30. The Morgan fingerprint density at radius 1 is 1.08 bits per heavy atom. The summed E-state index contributed by atoms with van der Waals surface area (Å²) in [5.41, 5.74) is -0.195. The van der Waals surface area contributed by atoms with E-state index in [1.54, 1.807) is 19.9 Å². The highest BCUT2D eigenvalue weighted by molar-refractivity contribution is 9.10. The van der Waals surface area contributed by atoms with Crippen molar-refractivity contribution in [2.75, 3.05) is 4.72 Å². The lowest BCUT2D eigenvalue weighted by molar-refractivity contribution is -0.137. The Morgan fingerprint density at radius 3 is 2.29 bits per heavy atom. The van der Waals surface area contributed by atoms with Crippen LogP contribution in [0.1, 0.15) is 16.7 Å². The maximum Gasteiger partial charge on any atom is 0.416 e.